The Morgan fingerprint density at radius 3 is 2.30 bits per heavy atom. The van der Waals surface area contributed by atoms with Crippen molar-refractivity contribution in [2.75, 3.05) is 26.7 Å². The molecule has 0 unspecified atom stereocenters. The second-order valence-corrected chi connectivity index (χ2v) is 7.67. The average Bonchev–Trinajstić information content (AvgIpc) is 3.24. The largest absolute Gasteiger partial charge is 0.339 e. The normalized spacial score (nSPS) is 14.4. The molecule has 30 heavy (non-hydrogen) atoms. The number of carbonyl (C=O) groups is 1. The second-order valence-electron chi connectivity index (χ2n) is 7.67. The molecule has 1 aliphatic heterocycles. The molecule has 5 nitrogen and oxygen atoms in total. The van der Waals surface area contributed by atoms with Gasteiger partial charge < -0.3 is 10.2 Å². The molecule has 0 saturated carbocycles. The van der Waals surface area contributed by atoms with Crippen LogP contribution in [0.25, 0.3) is 16.9 Å². The number of carbonyl (C=O) groups excluding carboxylic acids is 1. The minimum Gasteiger partial charge on any atom is -0.339 e. The molecule has 1 aromatic heterocycles. The maximum absolute atomic E-state index is 13.4. The first-order chi connectivity index (χ1) is 14.3. The van der Waals surface area contributed by atoms with Crippen molar-refractivity contribution in [3.05, 3.63) is 72.4 Å². The van der Waals surface area contributed by atoms with E-state index >= 15 is 0 Å². The topological polar surface area (TPSA) is 50.2 Å². The van der Waals surface area contributed by atoms with Gasteiger partial charge in [0.15, 0.2) is 0 Å². The lowest BCUT2D eigenvalue weighted by Crippen LogP contribution is -2.39. The zero-order valence-electron chi connectivity index (χ0n) is 17.3. The van der Waals surface area contributed by atoms with Crippen molar-refractivity contribution in [2.45, 2.75) is 19.3 Å². The van der Waals surface area contributed by atoms with E-state index in [0.29, 0.717) is 11.5 Å². The number of aromatic nitrogens is 2. The van der Waals surface area contributed by atoms with Crippen LogP contribution in [0, 0.1) is 5.92 Å². The molecular formula is C24H29ClN4O. The van der Waals surface area contributed by atoms with E-state index < -0.39 is 0 Å². The van der Waals surface area contributed by atoms with Crippen LogP contribution in [0.1, 0.15) is 29.6 Å². The molecule has 0 atom stereocenters. The van der Waals surface area contributed by atoms with Gasteiger partial charge in [0.05, 0.1) is 11.3 Å². The van der Waals surface area contributed by atoms with E-state index in [9.17, 15) is 4.79 Å². The number of likely N-dealkylation sites (tertiary alicyclic amines) is 1. The van der Waals surface area contributed by atoms with Crippen LogP contribution in [0.4, 0.5) is 0 Å². The Hall–Kier alpha value is -2.63. The molecule has 1 N–H and O–H groups in total. The highest BCUT2D eigenvalue weighted by Crippen LogP contribution is 2.27. The molecule has 1 amide bonds. The first kappa shape index (κ1) is 22.1. The second kappa shape index (κ2) is 10.4. The predicted molar refractivity (Wildman–Crippen MR) is 123 cm³/mol. The predicted octanol–water partition coefficient (Wildman–Crippen LogP) is 4.42. The zero-order chi connectivity index (χ0) is 20.1. The molecule has 1 fully saturated rings. The van der Waals surface area contributed by atoms with Gasteiger partial charge in [-0.3, -0.25) is 4.79 Å². The minimum atomic E-state index is 0. The minimum absolute atomic E-state index is 0. The fraction of sp³-hybridized carbons (Fsp3) is 0.333. The first-order valence-electron chi connectivity index (χ1n) is 10.4. The number of piperidine rings is 1. The maximum atomic E-state index is 13.4. The summed E-state index contributed by atoms with van der Waals surface area (Å²) < 4.78 is 1.81. The van der Waals surface area contributed by atoms with Crippen LogP contribution in [-0.2, 0) is 0 Å². The third-order valence-corrected chi connectivity index (χ3v) is 5.72. The summed E-state index contributed by atoms with van der Waals surface area (Å²) in [5, 5.41) is 8.01. The van der Waals surface area contributed by atoms with Gasteiger partial charge in [0.25, 0.3) is 5.91 Å². The summed E-state index contributed by atoms with van der Waals surface area (Å²) in [5.41, 5.74) is 3.34. The summed E-state index contributed by atoms with van der Waals surface area (Å²) in [7, 11) is 1.99. The van der Waals surface area contributed by atoms with Gasteiger partial charge >= 0.3 is 0 Å². The molecule has 0 radical (unpaired) electrons. The molecule has 2 aromatic carbocycles. The monoisotopic (exact) mass is 424 g/mol. The number of para-hydroxylation sites is 1. The smallest absolute Gasteiger partial charge is 0.257 e. The number of amides is 1. The molecule has 6 heteroatoms. The van der Waals surface area contributed by atoms with Crippen LogP contribution in [0.15, 0.2) is 66.9 Å². The summed E-state index contributed by atoms with van der Waals surface area (Å²) in [6.45, 7) is 2.68. The summed E-state index contributed by atoms with van der Waals surface area (Å²) >= 11 is 0. The molecule has 1 saturated heterocycles. The number of nitrogens with zero attached hydrogens (tertiary/aromatic N) is 3. The summed E-state index contributed by atoms with van der Waals surface area (Å²) in [6.07, 6.45) is 5.20. The lowest BCUT2D eigenvalue weighted by Gasteiger charge is -2.32. The van der Waals surface area contributed by atoms with Crippen molar-refractivity contribution in [3.63, 3.8) is 0 Å². The van der Waals surface area contributed by atoms with Crippen LogP contribution in [0.5, 0.6) is 0 Å². The third-order valence-electron chi connectivity index (χ3n) is 5.72. The van der Waals surface area contributed by atoms with E-state index in [1.54, 1.807) is 0 Å². The highest BCUT2D eigenvalue weighted by Gasteiger charge is 2.27. The molecule has 3 aromatic rings. The van der Waals surface area contributed by atoms with Gasteiger partial charge in [-0.25, -0.2) is 4.68 Å². The Bertz CT molecular complexity index is 934. The van der Waals surface area contributed by atoms with E-state index in [4.69, 9.17) is 5.10 Å². The summed E-state index contributed by atoms with van der Waals surface area (Å²) in [5.74, 6) is 0.783. The van der Waals surface area contributed by atoms with E-state index in [1.807, 2.05) is 83.5 Å². The number of nitrogens with one attached hydrogen (secondary N) is 1. The van der Waals surface area contributed by atoms with Crippen molar-refractivity contribution >= 4 is 18.3 Å². The van der Waals surface area contributed by atoms with Crippen LogP contribution in [0.2, 0.25) is 0 Å². The van der Waals surface area contributed by atoms with E-state index in [-0.39, 0.29) is 18.3 Å². The van der Waals surface area contributed by atoms with Crippen molar-refractivity contribution in [1.82, 2.24) is 20.0 Å². The Morgan fingerprint density at radius 2 is 1.67 bits per heavy atom. The Labute approximate surface area is 184 Å². The van der Waals surface area contributed by atoms with E-state index in [2.05, 4.69) is 5.32 Å². The molecular weight excluding hydrogens is 396 g/mol. The third kappa shape index (κ3) is 4.91. The number of benzene rings is 2. The fourth-order valence-electron chi connectivity index (χ4n) is 4.00. The molecule has 0 spiro atoms. The molecule has 0 bridgehead atoms. The maximum Gasteiger partial charge on any atom is 0.257 e. The van der Waals surface area contributed by atoms with E-state index in [0.717, 1.165) is 49.4 Å². The van der Waals surface area contributed by atoms with Crippen LogP contribution in [0.3, 0.4) is 0 Å². The lowest BCUT2D eigenvalue weighted by molar-refractivity contribution is 0.0688. The van der Waals surface area contributed by atoms with Gasteiger partial charge in [0.1, 0.15) is 5.69 Å². The lowest BCUT2D eigenvalue weighted by atomic mass is 9.93. The number of hydrogen-bond acceptors (Lipinski definition) is 3. The number of rotatable bonds is 6. The highest BCUT2D eigenvalue weighted by atomic mass is 35.5. The van der Waals surface area contributed by atoms with Gasteiger partial charge in [-0.15, -0.1) is 12.4 Å². The zero-order valence-corrected chi connectivity index (χ0v) is 18.1. The molecule has 0 aliphatic carbocycles. The summed E-state index contributed by atoms with van der Waals surface area (Å²) in [4.78, 5) is 15.4. The number of hydrogen-bond donors (Lipinski definition) is 1. The molecule has 4 rings (SSSR count). The molecule has 1 aliphatic rings. The van der Waals surface area contributed by atoms with Crippen molar-refractivity contribution < 1.29 is 4.79 Å². The van der Waals surface area contributed by atoms with Crippen molar-refractivity contribution in [2.24, 2.45) is 5.92 Å². The Balaban J connectivity index is 0.00000256. The highest BCUT2D eigenvalue weighted by molar-refractivity contribution is 6.00. The Kier molecular flexibility index (Phi) is 7.66. The van der Waals surface area contributed by atoms with Gasteiger partial charge in [0.2, 0.25) is 0 Å². The van der Waals surface area contributed by atoms with Crippen molar-refractivity contribution in [1.29, 1.82) is 0 Å². The van der Waals surface area contributed by atoms with Gasteiger partial charge in [-0.1, -0.05) is 48.5 Å². The van der Waals surface area contributed by atoms with Crippen LogP contribution in [-0.4, -0.2) is 47.3 Å². The van der Waals surface area contributed by atoms with Gasteiger partial charge in [0, 0.05) is 24.8 Å². The SMILES string of the molecule is CNCCC1CCN(C(=O)c2cn(-c3ccccc3)nc2-c2ccccc2)CC1.Cl. The van der Waals surface area contributed by atoms with Crippen LogP contribution < -0.4 is 5.32 Å². The standard InChI is InChI=1S/C24H28N4O.ClH/c1-25-15-12-19-13-16-27(17-14-19)24(29)22-18-28(21-10-6-3-7-11-21)26-23(22)20-8-4-2-5-9-20;/h2-11,18-19,25H,12-17H2,1H3;1H. The summed E-state index contributed by atoms with van der Waals surface area (Å²) in [6, 6.07) is 19.9. The van der Waals surface area contributed by atoms with Crippen molar-refractivity contribution in [3.8, 4) is 16.9 Å². The fourth-order valence-corrected chi connectivity index (χ4v) is 4.00. The van der Waals surface area contributed by atoms with E-state index in [1.165, 1.54) is 6.42 Å². The Morgan fingerprint density at radius 1 is 1.03 bits per heavy atom. The van der Waals surface area contributed by atoms with Gasteiger partial charge in [-0.2, -0.15) is 5.10 Å². The number of halogens is 1. The van der Waals surface area contributed by atoms with Crippen LogP contribution >= 0.6 is 12.4 Å². The quantitative estimate of drug-likeness (QED) is 0.637. The molecule has 158 valence electrons. The first-order valence-corrected chi connectivity index (χ1v) is 10.4. The average molecular weight is 425 g/mol. The van der Waals surface area contributed by atoms with Gasteiger partial charge in [-0.05, 0) is 50.9 Å². The molecule has 2 heterocycles.